The van der Waals surface area contributed by atoms with Crippen molar-refractivity contribution in [2.24, 2.45) is 5.73 Å². The van der Waals surface area contributed by atoms with E-state index in [0.717, 1.165) is 5.56 Å². The van der Waals surface area contributed by atoms with Gasteiger partial charge in [0.05, 0.1) is 28.2 Å². The van der Waals surface area contributed by atoms with Crippen molar-refractivity contribution in [3.05, 3.63) is 89.7 Å². The van der Waals surface area contributed by atoms with Gasteiger partial charge in [-0.3, -0.25) is 14.9 Å². The topological polar surface area (TPSA) is 140 Å². The Balaban J connectivity index is 0.00000361. The zero-order chi connectivity index (χ0) is 25.0. The van der Waals surface area contributed by atoms with Crippen molar-refractivity contribution < 1.29 is 17.9 Å². The Morgan fingerprint density at radius 2 is 1.78 bits per heavy atom. The SMILES string of the molecule is CCOC(=O)Cn1c(Cc2ccc(C(=N)N)cc2)nc2ccc(NS(=O)(=O)c3ccccc3)cc21.Cl. The largest absolute Gasteiger partial charge is 0.465 e. The molecule has 4 rings (SSSR count). The number of hydrogen-bond donors (Lipinski definition) is 3. The molecule has 0 aliphatic carbocycles. The van der Waals surface area contributed by atoms with Gasteiger partial charge in [0.2, 0.25) is 0 Å². The van der Waals surface area contributed by atoms with E-state index in [0.29, 0.717) is 34.5 Å². The molecule has 4 aromatic rings. The summed E-state index contributed by atoms with van der Waals surface area (Å²) in [5.41, 5.74) is 8.64. The second kappa shape index (κ2) is 11.2. The third-order valence-corrected chi connectivity index (χ3v) is 6.75. The van der Waals surface area contributed by atoms with Gasteiger partial charge in [0.25, 0.3) is 10.0 Å². The summed E-state index contributed by atoms with van der Waals surface area (Å²) < 4.78 is 35.0. The van der Waals surface area contributed by atoms with Crippen molar-refractivity contribution in [2.45, 2.75) is 24.8 Å². The van der Waals surface area contributed by atoms with Crippen LogP contribution in [0.4, 0.5) is 5.69 Å². The number of nitrogens with one attached hydrogen (secondary N) is 2. The number of sulfonamides is 1. The maximum absolute atomic E-state index is 12.8. The van der Waals surface area contributed by atoms with Crippen LogP contribution in [0.1, 0.15) is 23.9 Å². The van der Waals surface area contributed by atoms with Crippen LogP contribution in [0.2, 0.25) is 0 Å². The number of nitrogens with two attached hydrogens (primary N) is 1. The number of nitrogen functional groups attached to an aromatic ring is 1. The summed E-state index contributed by atoms with van der Waals surface area (Å²) in [5, 5.41) is 7.55. The average molecular weight is 528 g/mol. The normalized spacial score (nSPS) is 11.0. The second-order valence-corrected chi connectivity index (χ2v) is 9.51. The molecule has 0 saturated heterocycles. The molecule has 0 atom stereocenters. The number of halogens is 1. The number of aromatic nitrogens is 2. The number of amidine groups is 1. The highest BCUT2D eigenvalue weighted by Crippen LogP contribution is 2.24. The van der Waals surface area contributed by atoms with Gasteiger partial charge in [-0.25, -0.2) is 13.4 Å². The zero-order valence-electron chi connectivity index (χ0n) is 19.5. The van der Waals surface area contributed by atoms with Gasteiger partial charge >= 0.3 is 5.97 Å². The molecular weight excluding hydrogens is 502 g/mol. The average Bonchev–Trinajstić information content (AvgIpc) is 3.16. The van der Waals surface area contributed by atoms with E-state index in [4.69, 9.17) is 15.9 Å². The van der Waals surface area contributed by atoms with Gasteiger partial charge in [-0.1, -0.05) is 42.5 Å². The quantitative estimate of drug-likeness (QED) is 0.172. The lowest BCUT2D eigenvalue weighted by molar-refractivity contribution is -0.143. The van der Waals surface area contributed by atoms with Crippen LogP contribution in [-0.2, 0) is 32.5 Å². The van der Waals surface area contributed by atoms with Crippen LogP contribution in [0.25, 0.3) is 11.0 Å². The highest BCUT2D eigenvalue weighted by atomic mass is 35.5. The zero-order valence-corrected chi connectivity index (χ0v) is 21.1. The number of fused-ring (bicyclic) bond motifs is 1. The molecule has 0 amide bonds. The molecule has 0 bridgehead atoms. The van der Waals surface area contributed by atoms with Gasteiger partial charge in [0, 0.05) is 12.0 Å². The number of nitrogens with zero attached hydrogens (tertiary/aromatic N) is 2. The molecular formula is C25H26ClN5O4S. The fourth-order valence-electron chi connectivity index (χ4n) is 3.68. The summed E-state index contributed by atoms with van der Waals surface area (Å²) in [5.74, 6) is 0.179. The molecule has 1 aromatic heterocycles. The molecule has 0 radical (unpaired) electrons. The Morgan fingerprint density at radius 3 is 2.42 bits per heavy atom. The summed E-state index contributed by atoms with van der Waals surface area (Å²) in [6.07, 6.45) is 0.414. The number of ether oxygens (including phenoxy) is 1. The van der Waals surface area contributed by atoms with Crippen molar-refractivity contribution in [2.75, 3.05) is 11.3 Å². The van der Waals surface area contributed by atoms with Crippen LogP contribution in [0.15, 0.2) is 77.7 Å². The van der Waals surface area contributed by atoms with Crippen LogP contribution < -0.4 is 10.5 Å². The molecule has 0 fully saturated rings. The fraction of sp³-hybridized carbons (Fsp3) is 0.160. The van der Waals surface area contributed by atoms with Gasteiger partial charge in [-0.05, 0) is 42.8 Å². The number of imidazole rings is 1. The molecule has 9 nitrogen and oxygen atoms in total. The molecule has 11 heteroatoms. The van der Waals surface area contributed by atoms with E-state index in [2.05, 4.69) is 9.71 Å². The highest BCUT2D eigenvalue weighted by Gasteiger charge is 2.18. The third-order valence-electron chi connectivity index (χ3n) is 5.35. The highest BCUT2D eigenvalue weighted by molar-refractivity contribution is 7.92. The predicted octanol–water partition coefficient (Wildman–Crippen LogP) is 3.70. The van der Waals surface area contributed by atoms with Crippen molar-refractivity contribution in [3.8, 4) is 0 Å². The number of carbonyl (C=O) groups is 1. The first-order chi connectivity index (χ1) is 16.8. The van der Waals surface area contributed by atoms with E-state index in [1.807, 2.05) is 12.1 Å². The van der Waals surface area contributed by atoms with Crippen LogP contribution in [0.5, 0.6) is 0 Å². The number of anilines is 1. The lowest BCUT2D eigenvalue weighted by atomic mass is 10.1. The van der Waals surface area contributed by atoms with Crippen LogP contribution in [0, 0.1) is 5.41 Å². The fourth-order valence-corrected chi connectivity index (χ4v) is 4.75. The predicted molar refractivity (Wildman–Crippen MR) is 141 cm³/mol. The summed E-state index contributed by atoms with van der Waals surface area (Å²) >= 11 is 0. The van der Waals surface area contributed by atoms with Crippen LogP contribution >= 0.6 is 12.4 Å². The molecule has 36 heavy (non-hydrogen) atoms. The first-order valence-corrected chi connectivity index (χ1v) is 12.4. The first-order valence-electron chi connectivity index (χ1n) is 10.9. The minimum Gasteiger partial charge on any atom is -0.465 e. The van der Waals surface area contributed by atoms with Crippen LogP contribution in [0.3, 0.4) is 0 Å². The van der Waals surface area contributed by atoms with E-state index < -0.39 is 16.0 Å². The Morgan fingerprint density at radius 1 is 1.08 bits per heavy atom. The van der Waals surface area contributed by atoms with Gasteiger partial charge in [-0.2, -0.15) is 0 Å². The molecule has 0 saturated carbocycles. The third kappa shape index (κ3) is 6.02. The standard InChI is InChI=1S/C25H25N5O4S.ClH/c1-2-34-24(31)16-30-22-15-19(29-35(32,33)20-6-4-3-5-7-20)12-13-21(22)28-23(30)14-17-8-10-18(11-9-17)25(26)27;/h3-13,15,29H,2,14,16H2,1H3,(H3,26,27);1H. The van der Waals surface area contributed by atoms with Gasteiger partial charge in [0.1, 0.15) is 18.2 Å². The summed E-state index contributed by atoms with van der Waals surface area (Å²) in [7, 11) is -3.78. The Labute approximate surface area is 215 Å². The molecule has 0 aliphatic rings. The minimum absolute atomic E-state index is 0. The molecule has 0 aliphatic heterocycles. The Bertz CT molecular complexity index is 1490. The molecule has 188 valence electrons. The van der Waals surface area contributed by atoms with E-state index in [-0.39, 0.29) is 36.3 Å². The lowest BCUT2D eigenvalue weighted by Crippen LogP contribution is -2.16. The van der Waals surface area contributed by atoms with E-state index >= 15 is 0 Å². The maximum atomic E-state index is 12.8. The van der Waals surface area contributed by atoms with E-state index in [9.17, 15) is 13.2 Å². The molecule has 0 spiro atoms. The molecule has 3 aromatic carbocycles. The van der Waals surface area contributed by atoms with E-state index in [1.165, 1.54) is 12.1 Å². The van der Waals surface area contributed by atoms with Crippen molar-refractivity contribution >= 4 is 51.0 Å². The summed E-state index contributed by atoms with van der Waals surface area (Å²) in [6, 6.07) is 20.3. The molecule has 1 heterocycles. The number of carbonyl (C=O) groups excluding carboxylic acids is 1. The Hall–Kier alpha value is -3.89. The first kappa shape index (κ1) is 26.7. The van der Waals surface area contributed by atoms with E-state index in [1.54, 1.807) is 60.0 Å². The van der Waals surface area contributed by atoms with Crippen molar-refractivity contribution in [1.82, 2.24) is 9.55 Å². The summed E-state index contributed by atoms with van der Waals surface area (Å²) in [6.45, 7) is 1.91. The number of benzene rings is 3. The molecule has 0 unspecified atom stereocenters. The van der Waals surface area contributed by atoms with Crippen molar-refractivity contribution in [3.63, 3.8) is 0 Å². The smallest absolute Gasteiger partial charge is 0.326 e. The van der Waals surface area contributed by atoms with Gasteiger partial charge < -0.3 is 15.0 Å². The lowest BCUT2D eigenvalue weighted by Gasteiger charge is -2.11. The maximum Gasteiger partial charge on any atom is 0.326 e. The van der Waals surface area contributed by atoms with Gasteiger partial charge in [0.15, 0.2) is 0 Å². The second-order valence-electron chi connectivity index (χ2n) is 7.83. The number of esters is 1. The molecule has 4 N–H and O–H groups in total. The van der Waals surface area contributed by atoms with Crippen LogP contribution in [-0.4, -0.2) is 36.4 Å². The monoisotopic (exact) mass is 527 g/mol. The number of hydrogen-bond acceptors (Lipinski definition) is 6. The summed E-state index contributed by atoms with van der Waals surface area (Å²) in [4.78, 5) is 17.2. The van der Waals surface area contributed by atoms with Crippen molar-refractivity contribution in [1.29, 1.82) is 5.41 Å². The Kier molecular flexibility index (Phi) is 8.33. The van der Waals surface area contributed by atoms with Gasteiger partial charge in [-0.15, -0.1) is 12.4 Å². The number of rotatable bonds is 9. The minimum atomic E-state index is -3.78.